The second-order valence-corrected chi connectivity index (χ2v) is 4.75. The summed E-state index contributed by atoms with van der Waals surface area (Å²) in [6, 6.07) is 7.96. The zero-order valence-corrected chi connectivity index (χ0v) is 11.2. The molecule has 0 aromatic heterocycles. The van der Waals surface area contributed by atoms with Gasteiger partial charge in [0, 0.05) is 19.5 Å². The number of hydrogen-bond donors (Lipinski definition) is 1. The molecule has 0 aliphatic carbocycles. The van der Waals surface area contributed by atoms with Gasteiger partial charge in [0.25, 0.3) is 0 Å². The van der Waals surface area contributed by atoms with Crippen LogP contribution in [0.1, 0.15) is 5.56 Å². The molecule has 1 unspecified atom stereocenters. The van der Waals surface area contributed by atoms with E-state index in [9.17, 15) is 4.79 Å². The van der Waals surface area contributed by atoms with Crippen LogP contribution in [0.2, 0.25) is 0 Å². The number of morpholine rings is 1. The van der Waals surface area contributed by atoms with Gasteiger partial charge < -0.3 is 15.2 Å². The Morgan fingerprint density at radius 1 is 1.58 bits per heavy atom. The molecular weight excluding hydrogens is 244 g/mol. The molecule has 19 heavy (non-hydrogen) atoms. The van der Waals surface area contributed by atoms with Gasteiger partial charge in [0.15, 0.2) is 0 Å². The molecule has 1 aliphatic heterocycles. The van der Waals surface area contributed by atoms with Crippen molar-refractivity contribution < 1.29 is 14.3 Å². The first-order valence-corrected chi connectivity index (χ1v) is 6.42. The summed E-state index contributed by atoms with van der Waals surface area (Å²) in [6.07, 6.45) is 0.909. The van der Waals surface area contributed by atoms with E-state index >= 15 is 0 Å². The summed E-state index contributed by atoms with van der Waals surface area (Å²) in [7, 11) is 1.66. The molecule has 5 heteroatoms. The number of carbonyl (C=O) groups is 1. The van der Waals surface area contributed by atoms with Crippen molar-refractivity contribution in [3.05, 3.63) is 29.8 Å². The van der Waals surface area contributed by atoms with E-state index in [1.807, 2.05) is 23.1 Å². The van der Waals surface area contributed by atoms with Gasteiger partial charge in [-0.2, -0.15) is 0 Å². The molecule has 1 atom stereocenters. The van der Waals surface area contributed by atoms with Crippen molar-refractivity contribution in [2.45, 2.75) is 12.5 Å². The van der Waals surface area contributed by atoms with Crippen LogP contribution in [0.4, 0.5) is 0 Å². The minimum Gasteiger partial charge on any atom is -0.497 e. The van der Waals surface area contributed by atoms with E-state index in [2.05, 4.69) is 6.07 Å². The molecule has 1 heterocycles. The van der Waals surface area contributed by atoms with Crippen LogP contribution in [0.3, 0.4) is 0 Å². The second-order valence-electron chi connectivity index (χ2n) is 4.75. The predicted octanol–water partition coefficient (Wildman–Crippen LogP) is 0.424. The van der Waals surface area contributed by atoms with Gasteiger partial charge in [-0.25, -0.2) is 0 Å². The molecule has 0 bridgehead atoms. The van der Waals surface area contributed by atoms with Crippen LogP contribution in [-0.2, 0) is 16.0 Å². The molecular formula is C14H20N2O3. The molecule has 1 saturated heterocycles. The first-order valence-electron chi connectivity index (χ1n) is 6.42. The SMILES string of the molecule is COc1cccc(CC2CN(CC(N)=O)CCO2)c1. The predicted molar refractivity (Wildman–Crippen MR) is 72.1 cm³/mol. The van der Waals surface area contributed by atoms with Crippen LogP contribution < -0.4 is 10.5 Å². The maximum absolute atomic E-state index is 10.9. The van der Waals surface area contributed by atoms with Crippen LogP contribution in [0.25, 0.3) is 0 Å². The lowest BCUT2D eigenvalue weighted by molar-refractivity contribution is -0.121. The summed E-state index contributed by atoms with van der Waals surface area (Å²) >= 11 is 0. The van der Waals surface area contributed by atoms with Gasteiger partial charge in [0.2, 0.25) is 5.91 Å². The number of nitrogens with two attached hydrogens (primary N) is 1. The van der Waals surface area contributed by atoms with Crippen molar-refractivity contribution in [3.63, 3.8) is 0 Å². The molecule has 1 fully saturated rings. The lowest BCUT2D eigenvalue weighted by Gasteiger charge is -2.32. The molecule has 104 valence electrons. The molecule has 0 spiro atoms. The molecule has 0 saturated carbocycles. The highest BCUT2D eigenvalue weighted by molar-refractivity contribution is 5.75. The van der Waals surface area contributed by atoms with Gasteiger partial charge in [-0.3, -0.25) is 9.69 Å². The summed E-state index contributed by atoms with van der Waals surface area (Å²) in [4.78, 5) is 13.0. The fourth-order valence-corrected chi connectivity index (χ4v) is 2.33. The number of benzene rings is 1. The smallest absolute Gasteiger partial charge is 0.231 e. The van der Waals surface area contributed by atoms with Crippen LogP contribution in [0.15, 0.2) is 24.3 Å². The quantitative estimate of drug-likeness (QED) is 0.837. The van der Waals surface area contributed by atoms with Gasteiger partial charge in [-0.1, -0.05) is 12.1 Å². The van der Waals surface area contributed by atoms with Gasteiger partial charge in [0.05, 0.1) is 26.4 Å². The minimum absolute atomic E-state index is 0.0974. The van der Waals surface area contributed by atoms with Crippen molar-refractivity contribution in [1.82, 2.24) is 4.90 Å². The fraction of sp³-hybridized carbons (Fsp3) is 0.500. The number of ether oxygens (including phenoxy) is 2. The van der Waals surface area contributed by atoms with Crippen LogP contribution in [0, 0.1) is 0 Å². The maximum Gasteiger partial charge on any atom is 0.231 e. The molecule has 0 radical (unpaired) electrons. The van der Waals surface area contributed by atoms with Gasteiger partial charge in [0.1, 0.15) is 5.75 Å². The first-order chi connectivity index (χ1) is 9.17. The van der Waals surface area contributed by atoms with Gasteiger partial charge >= 0.3 is 0 Å². The fourth-order valence-electron chi connectivity index (χ4n) is 2.33. The Kier molecular flexibility index (Phi) is 4.76. The van der Waals surface area contributed by atoms with Crippen molar-refractivity contribution in [3.8, 4) is 5.75 Å². The number of rotatable bonds is 5. The lowest BCUT2D eigenvalue weighted by atomic mass is 10.1. The van der Waals surface area contributed by atoms with E-state index in [4.69, 9.17) is 15.2 Å². The summed E-state index contributed by atoms with van der Waals surface area (Å²) in [5.41, 5.74) is 6.39. The number of primary amides is 1. The normalized spacial score (nSPS) is 20.2. The summed E-state index contributed by atoms with van der Waals surface area (Å²) in [5.74, 6) is 0.560. The number of carbonyl (C=O) groups excluding carboxylic acids is 1. The van der Waals surface area contributed by atoms with Crippen LogP contribution in [-0.4, -0.2) is 50.3 Å². The Hall–Kier alpha value is -1.59. The van der Waals surface area contributed by atoms with Crippen molar-refractivity contribution in [1.29, 1.82) is 0 Å². The lowest BCUT2D eigenvalue weighted by Crippen LogP contribution is -2.46. The standard InChI is InChI=1S/C14H20N2O3/c1-18-12-4-2-3-11(7-12)8-13-9-16(5-6-19-13)10-14(15)17/h2-4,7,13H,5-6,8-10H2,1H3,(H2,15,17). The highest BCUT2D eigenvalue weighted by Crippen LogP contribution is 2.16. The zero-order valence-electron chi connectivity index (χ0n) is 11.2. The van der Waals surface area contributed by atoms with E-state index in [1.165, 1.54) is 5.56 Å². The summed E-state index contributed by atoms with van der Waals surface area (Å²) in [5, 5.41) is 0. The molecule has 2 N–H and O–H groups in total. The third-order valence-corrected chi connectivity index (χ3v) is 3.20. The van der Waals surface area contributed by atoms with E-state index in [0.717, 1.165) is 25.3 Å². The first kappa shape index (κ1) is 13.8. The number of amides is 1. The number of methoxy groups -OCH3 is 1. The molecule has 1 aromatic carbocycles. The zero-order chi connectivity index (χ0) is 13.7. The molecule has 1 aromatic rings. The highest BCUT2D eigenvalue weighted by atomic mass is 16.5. The minimum atomic E-state index is -0.290. The van der Waals surface area contributed by atoms with E-state index in [-0.39, 0.29) is 12.0 Å². The Morgan fingerprint density at radius 2 is 2.42 bits per heavy atom. The second kappa shape index (κ2) is 6.54. The van der Waals surface area contributed by atoms with Crippen molar-refractivity contribution in [2.24, 2.45) is 5.73 Å². The third kappa shape index (κ3) is 4.22. The largest absolute Gasteiger partial charge is 0.497 e. The van der Waals surface area contributed by atoms with Crippen LogP contribution >= 0.6 is 0 Å². The monoisotopic (exact) mass is 264 g/mol. The van der Waals surface area contributed by atoms with Crippen LogP contribution in [0.5, 0.6) is 5.75 Å². The van der Waals surface area contributed by atoms with E-state index in [1.54, 1.807) is 7.11 Å². The highest BCUT2D eigenvalue weighted by Gasteiger charge is 2.21. The average Bonchev–Trinajstić information content (AvgIpc) is 2.38. The van der Waals surface area contributed by atoms with E-state index in [0.29, 0.717) is 13.2 Å². The topological polar surface area (TPSA) is 64.8 Å². The Labute approximate surface area is 113 Å². The van der Waals surface area contributed by atoms with Crippen molar-refractivity contribution in [2.75, 3.05) is 33.4 Å². The Balaban J connectivity index is 1.92. The Morgan fingerprint density at radius 3 is 3.16 bits per heavy atom. The molecule has 1 amide bonds. The summed E-state index contributed by atoms with van der Waals surface area (Å²) in [6.45, 7) is 2.44. The average molecular weight is 264 g/mol. The molecule has 2 rings (SSSR count). The molecule has 1 aliphatic rings. The maximum atomic E-state index is 10.9. The summed E-state index contributed by atoms with van der Waals surface area (Å²) < 4.78 is 10.9. The van der Waals surface area contributed by atoms with Crippen molar-refractivity contribution >= 4 is 5.91 Å². The number of hydrogen-bond acceptors (Lipinski definition) is 4. The van der Waals surface area contributed by atoms with E-state index < -0.39 is 0 Å². The Bertz CT molecular complexity index is 436. The van der Waals surface area contributed by atoms with Gasteiger partial charge in [-0.05, 0) is 17.7 Å². The third-order valence-electron chi connectivity index (χ3n) is 3.20. The number of nitrogens with zero attached hydrogens (tertiary/aromatic N) is 1. The van der Waals surface area contributed by atoms with Gasteiger partial charge in [-0.15, -0.1) is 0 Å². The molecule has 5 nitrogen and oxygen atoms in total.